The smallest absolute Gasteiger partial charge is 0.00112 e. The van der Waals surface area contributed by atoms with E-state index < -0.39 is 0 Å². The molecule has 1 fully saturated rings. The molecule has 1 heteroatoms. The van der Waals surface area contributed by atoms with Crippen LogP contribution in [0.5, 0.6) is 0 Å². The van der Waals surface area contributed by atoms with E-state index in [2.05, 4.69) is 25.2 Å². The van der Waals surface area contributed by atoms with Crippen LogP contribution in [0.3, 0.4) is 0 Å². The van der Waals surface area contributed by atoms with E-state index in [0.717, 1.165) is 18.4 Å². The molecule has 0 aromatic heterocycles. The summed E-state index contributed by atoms with van der Waals surface area (Å²) >= 11 is 0. The average Bonchev–Trinajstić information content (AvgIpc) is 2.44. The van der Waals surface area contributed by atoms with E-state index in [0.29, 0.717) is 5.92 Å². The Kier molecular flexibility index (Phi) is 2.05. The van der Waals surface area contributed by atoms with Crippen molar-refractivity contribution < 1.29 is 0 Å². The Balaban J connectivity index is 2.23. The molecule has 0 aromatic rings. The SMILES string of the molecule is CC1CC(CN)C2=CC=CCC21. The molecule has 3 unspecified atom stereocenters. The zero-order valence-corrected chi connectivity index (χ0v) is 7.66. The molecule has 0 bridgehead atoms. The predicted molar refractivity (Wildman–Crippen MR) is 51.7 cm³/mol. The van der Waals surface area contributed by atoms with Crippen molar-refractivity contribution >= 4 is 0 Å². The third-order valence-corrected chi connectivity index (χ3v) is 3.34. The van der Waals surface area contributed by atoms with Crippen LogP contribution in [0.4, 0.5) is 0 Å². The van der Waals surface area contributed by atoms with Gasteiger partial charge < -0.3 is 5.73 Å². The molecule has 2 rings (SSSR count). The standard InChI is InChI=1S/C11H17N/c1-8-6-9(7-12)11-5-3-2-4-10(8)11/h2-3,5,8-10H,4,6-7,12H2,1H3. The Hall–Kier alpha value is -0.560. The van der Waals surface area contributed by atoms with E-state index in [4.69, 9.17) is 5.73 Å². The number of fused-ring (bicyclic) bond motifs is 1. The highest BCUT2D eigenvalue weighted by molar-refractivity contribution is 5.27. The molecular weight excluding hydrogens is 146 g/mol. The van der Waals surface area contributed by atoms with E-state index in [1.165, 1.54) is 12.8 Å². The van der Waals surface area contributed by atoms with Gasteiger partial charge in [0.15, 0.2) is 0 Å². The van der Waals surface area contributed by atoms with Gasteiger partial charge in [-0.3, -0.25) is 0 Å². The molecule has 0 aromatic carbocycles. The van der Waals surface area contributed by atoms with Crippen molar-refractivity contribution in [1.82, 2.24) is 0 Å². The Labute approximate surface area is 74.3 Å². The first-order valence-electron chi connectivity index (χ1n) is 4.89. The first kappa shape index (κ1) is 8.06. The van der Waals surface area contributed by atoms with E-state index in [-0.39, 0.29) is 0 Å². The van der Waals surface area contributed by atoms with Crippen LogP contribution in [0.1, 0.15) is 19.8 Å². The third-order valence-electron chi connectivity index (χ3n) is 3.34. The van der Waals surface area contributed by atoms with Crippen LogP contribution in [0.2, 0.25) is 0 Å². The van der Waals surface area contributed by atoms with Gasteiger partial charge in [-0.05, 0) is 37.1 Å². The molecule has 3 atom stereocenters. The molecule has 0 amide bonds. The summed E-state index contributed by atoms with van der Waals surface area (Å²) in [5.74, 6) is 2.33. The van der Waals surface area contributed by atoms with Gasteiger partial charge in [-0.2, -0.15) is 0 Å². The van der Waals surface area contributed by atoms with Crippen LogP contribution < -0.4 is 5.73 Å². The van der Waals surface area contributed by atoms with Crippen molar-refractivity contribution in [1.29, 1.82) is 0 Å². The Morgan fingerprint density at radius 1 is 1.58 bits per heavy atom. The van der Waals surface area contributed by atoms with E-state index in [1.807, 2.05) is 0 Å². The van der Waals surface area contributed by atoms with Gasteiger partial charge in [0, 0.05) is 0 Å². The van der Waals surface area contributed by atoms with Gasteiger partial charge in [0.1, 0.15) is 0 Å². The minimum absolute atomic E-state index is 0.676. The summed E-state index contributed by atoms with van der Waals surface area (Å²) in [6.45, 7) is 3.19. The quantitative estimate of drug-likeness (QED) is 0.629. The lowest BCUT2D eigenvalue weighted by molar-refractivity contribution is 0.451. The highest BCUT2D eigenvalue weighted by Crippen LogP contribution is 2.43. The molecule has 0 aliphatic heterocycles. The molecule has 12 heavy (non-hydrogen) atoms. The summed E-state index contributed by atoms with van der Waals surface area (Å²) in [5.41, 5.74) is 7.36. The molecule has 2 aliphatic rings. The highest BCUT2D eigenvalue weighted by atomic mass is 14.6. The minimum atomic E-state index is 0.676. The van der Waals surface area contributed by atoms with Gasteiger partial charge in [0.25, 0.3) is 0 Å². The second kappa shape index (κ2) is 3.06. The third kappa shape index (κ3) is 1.13. The number of rotatable bonds is 1. The van der Waals surface area contributed by atoms with Gasteiger partial charge in [-0.25, -0.2) is 0 Å². The normalized spacial score (nSPS) is 39.5. The van der Waals surface area contributed by atoms with Crippen LogP contribution in [-0.2, 0) is 0 Å². The minimum Gasteiger partial charge on any atom is -0.330 e. The lowest BCUT2D eigenvalue weighted by atomic mass is 9.87. The maximum absolute atomic E-state index is 5.74. The van der Waals surface area contributed by atoms with E-state index in [1.54, 1.807) is 5.57 Å². The van der Waals surface area contributed by atoms with Crippen LogP contribution >= 0.6 is 0 Å². The van der Waals surface area contributed by atoms with Crippen molar-refractivity contribution in [3.63, 3.8) is 0 Å². The fourth-order valence-electron chi connectivity index (χ4n) is 2.65. The maximum atomic E-state index is 5.74. The first-order valence-corrected chi connectivity index (χ1v) is 4.89. The van der Waals surface area contributed by atoms with Crippen LogP contribution in [0, 0.1) is 17.8 Å². The van der Waals surface area contributed by atoms with Crippen molar-refractivity contribution in [3.8, 4) is 0 Å². The summed E-state index contributed by atoms with van der Waals surface area (Å²) in [6, 6.07) is 0. The molecule has 66 valence electrons. The highest BCUT2D eigenvalue weighted by Gasteiger charge is 2.34. The summed E-state index contributed by atoms with van der Waals surface area (Å²) in [5, 5.41) is 0. The summed E-state index contributed by atoms with van der Waals surface area (Å²) in [6.07, 6.45) is 9.30. The van der Waals surface area contributed by atoms with Crippen LogP contribution in [0.25, 0.3) is 0 Å². The first-order chi connectivity index (χ1) is 5.83. The lowest BCUT2D eigenvalue weighted by Crippen LogP contribution is -2.14. The van der Waals surface area contributed by atoms with E-state index in [9.17, 15) is 0 Å². The molecule has 2 N–H and O–H groups in total. The van der Waals surface area contributed by atoms with Crippen LogP contribution in [-0.4, -0.2) is 6.54 Å². The monoisotopic (exact) mass is 163 g/mol. The number of hydrogen-bond acceptors (Lipinski definition) is 1. The Bertz CT molecular complexity index is 227. The van der Waals surface area contributed by atoms with Gasteiger partial charge in [0.2, 0.25) is 0 Å². The second-order valence-corrected chi connectivity index (χ2v) is 4.08. The lowest BCUT2D eigenvalue weighted by Gasteiger charge is -2.18. The molecule has 1 nitrogen and oxygen atoms in total. The topological polar surface area (TPSA) is 26.0 Å². The number of hydrogen-bond donors (Lipinski definition) is 1. The van der Waals surface area contributed by atoms with Crippen molar-refractivity contribution in [2.45, 2.75) is 19.8 Å². The second-order valence-electron chi connectivity index (χ2n) is 4.08. The van der Waals surface area contributed by atoms with Crippen molar-refractivity contribution in [3.05, 3.63) is 23.8 Å². The van der Waals surface area contributed by atoms with Gasteiger partial charge in [-0.15, -0.1) is 0 Å². The van der Waals surface area contributed by atoms with Crippen LogP contribution in [0.15, 0.2) is 23.8 Å². The van der Waals surface area contributed by atoms with Crippen molar-refractivity contribution in [2.75, 3.05) is 6.54 Å². The molecule has 0 saturated heterocycles. The molecule has 0 spiro atoms. The van der Waals surface area contributed by atoms with Gasteiger partial charge >= 0.3 is 0 Å². The summed E-state index contributed by atoms with van der Waals surface area (Å²) < 4.78 is 0. The molecule has 0 radical (unpaired) electrons. The number of nitrogens with two attached hydrogens (primary N) is 1. The maximum Gasteiger partial charge on any atom is -0.00112 e. The molecular formula is C11H17N. The average molecular weight is 163 g/mol. The zero-order chi connectivity index (χ0) is 8.55. The molecule has 0 heterocycles. The van der Waals surface area contributed by atoms with Gasteiger partial charge in [-0.1, -0.05) is 30.7 Å². The largest absolute Gasteiger partial charge is 0.330 e. The zero-order valence-electron chi connectivity index (χ0n) is 7.66. The van der Waals surface area contributed by atoms with Gasteiger partial charge in [0.05, 0.1) is 0 Å². The fourth-order valence-corrected chi connectivity index (χ4v) is 2.65. The fraction of sp³-hybridized carbons (Fsp3) is 0.636. The molecule has 2 aliphatic carbocycles. The Morgan fingerprint density at radius 3 is 3.17 bits per heavy atom. The molecule has 1 saturated carbocycles. The van der Waals surface area contributed by atoms with Crippen molar-refractivity contribution in [2.24, 2.45) is 23.5 Å². The number of allylic oxidation sites excluding steroid dienone is 3. The Morgan fingerprint density at radius 2 is 2.42 bits per heavy atom. The summed E-state index contributed by atoms with van der Waals surface area (Å²) in [4.78, 5) is 0. The predicted octanol–water partition coefficient (Wildman–Crippen LogP) is 2.10. The van der Waals surface area contributed by atoms with E-state index >= 15 is 0 Å². The summed E-state index contributed by atoms with van der Waals surface area (Å²) in [7, 11) is 0.